The first-order chi connectivity index (χ1) is 9.31. The van der Waals surface area contributed by atoms with E-state index in [1.54, 1.807) is 5.57 Å². The highest BCUT2D eigenvalue weighted by Gasteiger charge is 2.16. The highest BCUT2D eigenvalue weighted by molar-refractivity contribution is 5.27. The van der Waals surface area contributed by atoms with Gasteiger partial charge in [0, 0.05) is 11.9 Å². The molecule has 104 valence electrons. The van der Waals surface area contributed by atoms with Crippen LogP contribution in [-0.4, -0.2) is 11.5 Å². The zero-order chi connectivity index (χ0) is 13.5. The fraction of sp³-hybridized carbons (Fsp3) is 0.588. The molecule has 0 aliphatic heterocycles. The maximum absolute atomic E-state index is 4.45. The van der Waals surface area contributed by atoms with Crippen molar-refractivity contribution < 1.29 is 0 Å². The molecule has 1 heterocycles. The monoisotopic (exact) mass is 258 g/mol. The summed E-state index contributed by atoms with van der Waals surface area (Å²) in [6.07, 6.45) is 12.4. The van der Waals surface area contributed by atoms with E-state index in [2.05, 4.69) is 35.4 Å². The number of pyridine rings is 1. The van der Waals surface area contributed by atoms with E-state index in [4.69, 9.17) is 0 Å². The van der Waals surface area contributed by atoms with E-state index in [1.165, 1.54) is 44.1 Å². The van der Waals surface area contributed by atoms with Gasteiger partial charge in [-0.1, -0.05) is 37.5 Å². The second-order valence-electron chi connectivity index (χ2n) is 5.46. The van der Waals surface area contributed by atoms with Gasteiger partial charge in [0.2, 0.25) is 0 Å². The molecule has 1 aromatic rings. The highest BCUT2D eigenvalue weighted by atomic mass is 14.9. The van der Waals surface area contributed by atoms with Gasteiger partial charge in [0.05, 0.1) is 6.04 Å². The summed E-state index contributed by atoms with van der Waals surface area (Å²) in [6.45, 7) is 5.22. The van der Waals surface area contributed by atoms with Crippen molar-refractivity contribution in [3.8, 4) is 0 Å². The highest BCUT2D eigenvalue weighted by Crippen LogP contribution is 2.28. The first-order valence-corrected chi connectivity index (χ1v) is 7.66. The third kappa shape index (κ3) is 4.17. The molecule has 0 radical (unpaired) electrons. The number of nitrogens with zero attached hydrogens (tertiary/aromatic N) is 1. The fourth-order valence-corrected chi connectivity index (χ4v) is 2.80. The number of rotatable bonds is 4. The Bertz CT molecular complexity index is 406. The van der Waals surface area contributed by atoms with Gasteiger partial charge in [-0.15, -0.1) is 0 Å². The number of hydrogen-bond acceptors (Lipinski definition) is 2. The van der Waals surface area contributed by atoms with Crippen LogP contribution in [0.25, 0.3) is 0 Å². The maximum Gasteiger partial charge on any atom is 0.0551 e. The van der Waals surface area contributed by atoms with Crippen molar-refractivity contribution in [1.29, 1.82) is 0 Å². The van der Waals surface area contributed by atoms with Crippen LogP contribution < -0.4 is 5.32 Å². The number of nitrogens with one attached hydrogen (secondary N) is 1. The summed E-state index contributed by atoms with van der Waals surface area (Å²) in [6, 6.07) is 4.69. The maximum atomic E-state index is 4.45. The van der Waals surface area contributed by atoms with Crippen LogP contribution in [0.15, 0.2) is 30.0 Å². The SMILES string of the molecule is CCNC(/C1=C/CCCCCC1)c1ccc(C)nc1. The summed E-state index contributed by atoms with van der Waals surface area (Å²) in [5, 5.41) is 3.63. The molecule has 0 amide bonds. The Kier molecular flexibility index (Phi) is 5.59. The van der Waals surface area contributed by atoms with Crippen molar-refractivity contribution >= 4 is 0 Å². The number of allylic oxidation sites excluding steroid dienone is 1. The quantitative estimate of drug-likeness (QED) is 0.813. The van der Waals surface area contributed by atoms with E-state index in [1.807, 2.05) is 13.1 Å². The molecule has 1 unspecified atom stereocenters. The largest absolute Gasteiger partial charge is 0.307 e. The molecule has 1 aliphatic rings. The van der Waals surface area contributed by atoms with Gasteiger partial charge in [0.15, 0.2) is 0 Å². The standard InChI is InChI=1S/C17H26N2/c1-3-18-17(16-12-11-14(2)19-13-16)15-9-7-5-4-6-8-10-15/h9,11-13,17-18H,3-8,10H2,1-2H3/b15-9+. The van der Waals surface area contributed by atoms with E-state index >= 15 is 0 Å². The second kappa shape index (κ2) is 7.44. The molecule has 0 fully saturated rings. The van der Waals surface area contributed by atoms with Crippen molar-refractivity contribution in [1.82, 2.24) is 10.3 Å². The molecule has 1 N–H and O–H groups in total. The third-order valence-electron chi connectivity index (χ3n) is 3.87. The Balaban J connectivity index is 2.20. The van der Waals surface area contributed by atoms with Crippen LogP contribution in [-0.2, 0) is 0 Å². The Labute approximate surface area is 117 Å². The fourth-order valence-electron chi connectivity index (χ4n) is 2.80. The summed E-state index contributed by atoms with van der Waals surface area (Å²) in [7, 11) is 0. The van der Waals surface area contributed by atoms with Crippen LogP contribution in [0, 0.1) is 6.92 Å². The molecule has 1 aliphatic carbocycles. The van der Waals surface area contributed by atoms with E-state index in [0.29, 0.717) is 6.04 Å². The Morgan fingerprint density at radius 1 is 1.21 bits per heavy atom. The summed E-state index contributed by atoms with van der Waals surface area (Å²) in [5.41, 5.74) is 3.96. The van der Waals surface area contributed by atoms with Gasteiger partial charge in [0.25, 0.3) is 0 Å². The van der Waals surface area contributed by atoms with Crippen LogP contribution >= 0.6 is 0 Å². The molecule has 0 saturated heterocycles. The third-order valence-corrected chi connectivity index (χ3v) is 3.87. The minimum atomic E-state index is 0.358. The molecule has 0 spiro atoms. The van der Waals surface area contributed by atoms with Crippen LogP contribution in [0.1, 0.15) is 62.7 Å². The van der Waals surface area contributed by atoms with Crippen LogP contribution in [0.3, 0.4) is 0 Å². The van der Waals surface area contributed by atoms with Gasteiger partial charge in [-0.3, -0.25) is 4.98 Å². The van der Waals surface area contributed by atoms with Crippen LogP contribution in [0.5, 0.6) is 0 Å². The molecular weight excluding hydrogens is 232 g/mol. The zero-order valence-corrected chi connectivity index (χ0v) is 12.3. The molecule has 19 heavy (non-hydrogen) atoms. The lowest BCUT2D eigenvalue weighted by atomic mass is 9.91. The van der Waals surface area contributed by atoms with Crippen LogP contribution in [0.4, 0.5) is 0 Å². The molecule has 2 heteroatoms. The molecule has 0 aromatic carbocycles. The van der Waals surface area contributed by atoms with Gasteiger partial charge in [-0.2, -0.15) is 0 Å². The van der Waals surface area contributed by atoms with Crippen molar-refractivity contribution in [3.63, 3.8) is 0 Å². The minimum absolute atomic E-state index is 0.358. The van der Waals surface area contributed by atoms with Crippen molar-refractivity contribution in [3.05, 3.63) is 41.2 Å². The predicted molar refractivity (Wildman–Crippen MR) is 81.2 cm³/mol. The van der Waals surface area contributed by atoms with Gasteiger partial charge < -0.3 is 5.32 Å². The molecule has 0 saturated carbocycles. The van der Waals surface area contributed by atoms with Crippen LogP contribution in [0.2, 0.25) is 0 Å². The van der Waals surface area contributed by atoms with E-state index in [-0.39, 0.29) is 0 Å². The first kappa shape index (κ1) is 14.3. The first-order valence-electron chi connectivity index (χ1n) is 7.66. The summed E-state index contributed by atoms with van der Waals surface area (Å²) in [4.78, 5) is 4.45. The van der Waals surface area contributed by atoms with E-state index in [0.717, 1.165) is 12.2 Å². The average Bonchev–Trinajstić information content (AvgIpc) is 2.38. The number of hydrogen-bond donors (Lipinski definition) is 1. The molecule has 0 bridgehead atoms. The zero-order valence-electron chi connectivity index (χ0n) is 12.3. The molecule has 1 aromatic heterocycles. The molecule has 1 atom stereocenters. The Hall–Kier alpha value is -1.15. The smallest absolute Gasteiger partial charge is 0.0551 e. The number of aryl methyl sites for hydroxylation is 1. The summed E-state index contributed by atoms with van der Waals surface area (Å²) in [5.74, 6) is 0. The van der Waals surface area contributed by atoms with Crippen molar-refractivity contribution in [2.75, 3.05) is 6.54 Å². The van der Waals surface area contributed by atoms with E-state index in [9.17, 15) is 0 Å². The molecule has 2 nitrogen and oxygen atoms in total. The second-order valence-corrected chi connectivity index (χ2v) is 5.46. The van der Waals surface area contributed by atoms with Gasteiger partial charge in [-0.05, 0) is 50.8 Å². The number of aromatic nitrogens is 1. The molecule has 2 rings (SSSR count). The lowest BCUT2D eigenvalue weighted by Gasteiger charge is -2.23. The lowest BCUT2D eigenvalue weighted by Crippen LogP contribution is -2.23. The van der Waals surface area contributed by atoms with Gasteiger partial charge in [0.1, 0.15) is 0 Å². The van der Waals surface area contributed by atoms with Crippen molar-refractivity contribution in [2.24, 2.45) is 0 Å². The average molecular weight is 258 g/mol. The minimum Gasteiger partial charge on any atom is -0.307 e. The molecular formula is C17H26N2. The van der Waals surface area contributed by atoms with E-state index < -0.39 is 0 Å². The summed E-state index contributed by atoms with van der Waals surface area (Å²) < 4.78 is 0. The Morgan fingerprint density at radius 3 is 2.79 bits per heavy atom. The van der Waals surface area contributed by atoms with Gasteiger partial charge in [-0.25, -0.2) is 0 Å². The van der Waals surface area contributed by atoms with Gasteiger partial charge >= 0.3 is 0 Å². The predicted octanol–water partition coefficient (Wildman–Crippen LogP) is 4.32. The lowest BCUT2D eigenvalue weighted by molar-refractivity contribution is 0.553. The normalized spacial score (nSPS) is 21.1. The van der Waals surface area contributed by atoms with Crippen molar-refractivity contribution in [2.45, 2.75) is 58.4 Å². The Morgan fingerprint density at radius 2 is 2.05 bits per heavy atom. The summed E-state index contributed by atoms with van der Waals surface area (Å²) >= 11 is 0. The topological polar surface area (TPSA) is 24.9 Å². The number of likely N-dealkylation sites (N-methyl/N-ethyl adjacent to an activating group) is 1.